The molecule has 0 bridgehead atoms. The van der Waals surface area contributed by atoms with Crippen LogP contribution < -0.4 is 11.1 Å². The number of para-hydroxylation sites is 1. The highest BCUT2D eigenvalue weighted by Gasteiger charge is 2.24. The molecule has 114 valence electrons. The molecule has 0 fully saturated rings. The molecule has 0 unspecified atom stereocenters. The van der Waals surface area contributed by atoms with Crippen molar-refractivity contribution < 1.29 is 19.5 Å². The number of anilines is 1. The summed E-state index contributed by atoms with van der Waals surface area (Å²) in [6.07, 6.45) is -0.529. The summed E-state index contributed by atoms with van der Waals surface area (Å²) in [4.78, 5) is 34.1. The van der Waals surface area contributed by atoms with Gasteiger partial charge < -0.3 is 16.2 Å². The Bertz CT molecular complexity index is 561. The minimum absolute atomic E-state index is 0.204. The van der Waals surface area contributed by atoms with E-state index in [0.29, 0.717) is 5.69 Å². The second kappa shape index (κ2) is 6.49. The van der Waals surface area contributed by atoms with Gasteiger partial charge in [-0.25, -0.2) is 0 Å². The van der Waals surface area contributed by atoms with Crippen LogP contribution in [0.4, 0.5) is 5.69 Å². The molecule has 0 saturated heterocycles. The monoisotopic (exact) mass is 292 g/mol. The van der Waals surface area contributed by atoms with Gasteiger partial charge in [-0.15, -0.1) is 0 Å². The maximum atomic E-state index is 11.8. The van der Waals surface area contributed by atoms with Gasteiger partial charge in [0, 0.05) is 12.1 Å². The van der Waals surface area contributed by atoms with Gasteiger partial charge in [0.2, 0.25) is 5.78 Å². The summed E-state index contributed by atoms with van der Waals surface area (Å²) >= 11 is 0. The number of hydrogen-bond donors (Lipinski definition) is 3. The molecule has 0 heterocycles. The molecule has 6 heteroatoms. The number of rotatable bonds is 5. The first-order valence-electron chi connectivity index (χ1n) is 6.55. The van der Waals surface area contributed by atoms with Crippen LogP contribution in [0.1, 0.15) is 32.8 Å². The number of aliphatic carboxylic acids is 1. The summed E-state index contributed by atoms with van der Waals surface area (Å²) in [5, 5.41) is 11.2. The molecule has 21 heavy (non-hydrogen) atoms. The number of amides is 1. The summed E-state index contributed by atoms with van der Waals surface area (Å²) in [5.41, 5.74) is 6.46. The van der Waals surface area contributed by atoms with E-state index in [0.717, 1.165) is 5.56 Å². The maximum Gasteiger partial charge on any atom is 0.320 e. The average Bonchev–Trinajstić information content (AvgIpc) is 2.37. The minimum Gasteiger partial charge on any atom is -0.480 e. The fraction of sp³-hybridized carbons (Fsp3) is 0.400. The summed E-state index contributed by atoms with van der Waals surface area (Å²) in [6.45, 7) is 5.96. The van der Waals surface area contributed by atoms with E-state index in [4.69, 9.17) is 10.8 Å². The largest absolute Gasteiger partial charge is 0.480 e. The quantitative estimate of drug-likeness (QED) is 0.708. The Morgan fingerprint density at radius 3 is 2.33 bits per heavy atom. The first-order valence-corrected chi connectivity index (χ1v) is 6.55. The van der Waals surface area contributed by atoms with Crippen LogP contribution in [0.15, 0.2) is 24.3 Å². The predicted octanol–water partition coefficient (Wildman–Crippen LogP) is 1.29. The van der Waals surface area contributed by atoms with Crippen LogP contribution in [0.3, 0.4) is 0 Å². The molecule has 1 amide bonds. The fourth-order valence-electron chi connectivity index (χ4n) is 1.82. The number of nitrogens with one attached hydrogen (secondary N) is 1. The third-order valence-electron chi connectivity index (χ3n) is 2.96. The average molecular weight is 292 g/mol. The van der Waals surface area contributed by atoms with Gasteiger partial charge in [-0.2, -0.15) is 0 Å². The number of Topliss-reactive ketones (excluding diaryl/α,β-unsaturated/α-hetero) is 1. The van der Waals surface area contributed by atoms with Crippen molar-refractivity contribution in [3.63, 3.8) is 0 Å². The van der Waals surface area contributed by atoms with Crippen LogP contribution in [0, 0.1) is 0 Å². The lowest BCUT2D eigenvalue weighted by atomic mass is 9.86. The van der Waals surface area contributed by atoms with Crippen molar-refractivity contribution in [3.8, 4) is 0 Å². The van der Waals surface area contributed by atoms with E-state index in [9.17, 15) is 14.4 Å². The van der Waals surface area contributed by atoms with E-state index in [2.05, 4.69) is 5.32 Å². The zero-order chi connectivity index (χ0) is 16.2. The molecule has 0 aliphatic carbocycles. The highest BCUT2D eigenvalue weighted by molar-refractivity contribution is 6.41. The van der Waals surface area contributed by atoms with Crippen LogP contribution in [0.2, 0.25) is 0 Å². The number of carbonyl (C=O) groups excluding carboxylic acids is 2. The van der Waals surface area contributed by atoms with Gasteiger partial charge in [0.1, 0.15) is 6.04 Å². The molecular formula is C15H20N2O4. The first-order chi connectivity index (χ1) is 9.62. The van der Waals surface area contributed by atoms with Crippen LogP contribution >= 0.6 is 0 Å². The van der Waals surface area contributed by atoms with E-state index in [1.807, 2.05) is 32.9 Å². The van der Waals surface area contributed by atoms with Crippen molar-refractivity contribution in [2.45, 2.75) is 38.6 Å². The Morgan fingerprint density at radius 1 is 1.24 bits per heavy atom. The smallest absolute Gasteiger partial charge is 0.320 e. The van der Waals surface area contributed by atoms with Gasteiger partial charge in [0.25, 0.3) is 5.91 Å². The molecule has 0 saturated carbocycles. The molecule has 4 N–H and O–H groups in total. The van der Waals surface area contributed by atoms with Crippen LogP contribution in [-0.4, -0.2) is 28.8 Å². The maximum absolute atomic E-state index is 11.8. The number of hydrogen-bond acceptors (Lipinski definition) is 4. The standard InChI is InChI=1S/C15H20N2O4/c1-15(2,3)9-6-4-5-7-11(9)17-13(19)12(18)8-10(16)14(20)21/h4-7,10H,8,16H2,1-3H3,(H,17,19)(H,20,21)/t10-/m0/s1. The van der Waals surface area contributed by atoms with Crippen molar-refractivity contribution in [1.82, 2.24) is 0 Å². The highest BCUT2D eigenvalue weighted by Crippen LogP contribution is 2.29. The summed E-state index contributed by atoms with van der Waals surface area (Å²) in [5.74, 6) is -3.02. The molecule has 0 aliphatic heterocycles. The SMILES string of the molecule is CC(C)(C)c1ccccc1NC(=O)C(=O)C[C@H](N)C(=O)O. The number of nitrogens with two attached hydrogens (primary N) is 1. The zero-order valence-electron chi connectivity index (χ0n) is 12.3. The number of carboxylic acids is 1. The van der Waals surface area contributed by atoms with E-state index in [-0.39, 0.29) is 5.41 Å². The molecule has 0 spiro atoms. The number of ketones is 1. The summed E-state index contributed by atoms with van der Waals surface area (Å²) in [6, 6.07) is 5.78. The Hall–Kier alpha value is -2.21. The number of carbonyl (C=O) groups is 3. The molecule has 0 aromatic heterocycles. The van der Waals surface area contributed by atoms with Crippen LogP contribution in [0.5, 0.6) is 0 Å². The Kier molecular flexibility index (Phi) is 5.21. The highest BCUT2D eigenvalue weighted by atomic mass is 16.4. The second-order valence-corrected chi connectivity index (χ2v) is 5.82. The van der Waals surface area contributed by atoms with Crippen LogP contribution in [-0.2, 0) is 19.8 Å². The topological polar surface area (TPSA) is 109 Å². The van der Waals surface area contributed by atoms with Crippen molar-refractivity contribution in [1.29, 1.82) is 0 Å². The molecule has 0 radical (unpaired) electrons. The zero-order valence-corrected chi connectivity index (χ0v) is 12.3. The molecule has 6 nitrogen and oxygen atoms in total. The molecule has 0 aliphatic rings. The van der Waals surface area contributed by atoms with Crippen molar-refractivity contribution in [3.05, 3.63) is 29.8 Å². The van der Waals surface area contributed by atoms with Crippen LogP contribution in [0.25, 0.3) is 0 Å². The third kappa shape index (κ3) is 4.68. The minimum atomic E-state index is -1.37. The number of carboxylic acid groups (broad SMARTS) is 1. The molecule has 1 aromatic carbocycles. The molecule has 1 rings (SSSR count). The van der Waals surface area contributed by atoms with Crippen molar-refractivity contribution in [2.75, 3.05) is 5.32 Å². The van der Waals surface area contributed by atoms with Crippen molar-refractivity contribution >= 4 is 23.3 Å². The Morgan fingerprint density at radius 2 is 1.81 bits per heavy atom. The lowest BCUT2D eigenvalue weighted by molar-refractivity contribution is -0.141. The van der Waals surface area contributed by atoms with Crippen molar-refractivity contribution in [2.24, 2.45) is 5.73 Å². The van der Waals surface area contributed by atoms with Gasteiger partial charge in [0.05, 0.1) is 0 Å². The van der Waals surface area contributed by atoms with Gasteiger partial charge in [-0.05, 0) is 17.0 Å². The predicted molar refractivity (Wildman–Crippen MR) is 79.0 cm³/mol. The van der Waals surface area contributed by atoms with E-state index >= 15 is 0 Å². The molecule has 1 atom stereocenters. The lowest BCUT2D eigenvalue weighted by Crippen LogP contribution is -2.36. The molecular weight excluding hydrogens is 272 g/mol. The Balaban J connectivity index is 2.85. The first kappa shape index (κ1) is 16.8. The fourth-order valence-corrected chi connectivity index (χ4v) is 1.82. The van der Waals surface area contributed by atoms with Gasteiger partial charge in [0.15, 0.2) is 0 Å². The molecule has 1 aromatic rings. The number of benzene rings is 1. The lowest BCUT2D eigenvalue weighted by Gasteiger charge is -2.22. The van der Waals surface area contributed by atoms with Gasteiger partial charge in [-0.1, -0.05) is 39.0 Å². The van der Waals surface area contributed by atoms with Gasteiger partial charge in [-0.3, -0.25) is 14.4 Å². The van der Waals surface area contributed by atoms with E-state index in [1.54, 1.807) is 12.1 Å². The Labute approximate surface area is 123 Å². The normalized spacial score (nSPS) is 12.6. The van der Waals surface area contributed by atoms with Gasteiger partial charge >= 0.3 is 5.97 Å². The second-order valence-electron chi connectivity index (χ2n) is 5.82. The van der Waals surface area contributed by atoms with E-state index in [1.165, 1.54) is 0 Å². The summed E-state index contributed by atoms with van der Waals surface area (Å²) in [7, 11) is 0. The third-order valence-corrected chi connectivity index (χ3v) is 2.96. The summed E-state index contributed by atoms with van der Waals surface area (Å²) < 4.78 is 0. The van der Waals surface area contributed by atoms with E-state index < -0.39 is 30.1 Å².